The number of nitrogens with zero attached hydrogens (tertiary/aromatic N) is 1. The summed E-state index contributed by atoms with van der Waals surface area (Å²) in [6.07, 6.45) is 2.37. The van der Waals surface area contributed by atoms with E-state index in [2.05, 4.69) is 0 Å². The summed E-state index contributed by atoms with van der Waals surface area (Å²) in [6, 6.07) is 18.5. The van der Waals surface area contributed by atoms with Crippen LogP contribution in [0.25, 0.3) is 11.6 Å². The summed E-state index contributed by atoms with van der Waals surface area (Å²) in [6.45, 7) is 0.786. The van der Waals surface area contributed by atoms with Crippen molar-refractivity contribution in [1.82, 2.24) is 10.4 Å². The van der Waals surface area contributed by atoms with Crippen LogP contribution >= 0.6 is 11.6 Å². The quantitative estimate of drug-likeness (QED) is 0.261. The first kappa shape index (κ1) is 21.7. The number of nitrogens with one attached hydrogen (secondary N) is 1. The second-order valence-electron chi connectivity index (χ2n) is 7.49. The number of hydroxylamine groups is 1. The Morgan fingerprint density at radius 2 is 1.81 bits per heavy atom. The molecule has 3 aromatic carbocycles. The molecule has 162 valence electrons. The van der Waals surface area contributed by atoms with Crippen LogP contribution in [0.3, 0.4) is 0 Å². The molecule has 0 spiro atoms. The maximum absolute atomic E-state index is 13.6. The van der Waals surface area contributed by atoms with Gasteiger partial charge in [-0.25, -0.2) is 9.87 Å². The molecule has 1 heterocycles. The Balaban J connectivity index is 1.70. The number of fused-ring (bicyclic) bond motifs is 1. The molecule has 3 aromatic rings. The highest BCUT2D eigenvalue weighted by molar-refractivity contribution is 6.36. The average Bonchev–Trinajstić information content (AvgIpc) is 2.82. The van der Waals surface area contributed by atoms with Crippen LogP contribution in [0.1, 0.15) is 32.6 Å². The predicted octanol–water partition coefficient (Wildman–Crippen LogP) is 4.72. The standard InChI is InChI=1S/C25H20ClFN2O3/c26-23-14-20(27)8-9-21(23)22(12-16-4-2-1-3-5-16)25(31)29-11-10-17-6-7-18(24(30)28-32)13-19(17)15-29/h1-9,12-14,32H,10-11,15H2,(H,28,30). The first-order valence-electron chi connectivity index (χ1n) is 10.0. The number of amides is 2. The second kappa shape index (κ2) is 9.34. The first-order chi connectivity index (χ1) is 15.5. The van der Waals surface area contributed by atoms with Gasteiger partial charge in [-0.15, -0.1) is 0 Å². The van der Waals surface area contributed by atoms with E-state index >= 15 is 0 Å². The summed E-state index contributed by atoms with van der Waals surface area (Å²) < 4.78 is 13.6. The van der Waals surface area contributed by atoms with Gasteiger partial charge in [0.1, 0.15) is 5.82 Å². The molecule has 1 aliphatic heterocycles. The molecule has 7 heteroatoms. The molecule has 0 saturated carbocycles. The Hall–Kier alpha value is -3.48. The van der Waals surface area contributed by atoms with Crippen molar-refractivity contribution in [2.75, 3.05) is 6.54 Å². The molecule has 0 saturated heterocycles. The van der Waals surface area contributed by atoms with Gasteiger partial charge in [-0.3, -0.25) is 14.8 Å². The van der Waals surface area contributed by atoms with Crippen LogP contribution in [0, 0.1) is 5.82 Å². The second-order valence-corrected chi connectivity index (χ2v) is 7.90. The summed E-state index contributed by atoms with van der Waals surface area (Å²) in [5.41, 5.74) is 5.42. The number of benzene rings is 3. The molecule has 0 radical (unpaired) electrons. The minimum Gasteiger partial charge on any atom is -0.334 e. The number of rotatable bonds is 4. The smallest absolute Gasteiger partial charge is 0.274 e. The number of hydrogen-bond acceptors (Lipinski definition) is 3. The van der Waals surface area contributed by atoms with Gasteiger partial charge in [0.05, 0.1) is 5.02 Å². The van der Waals surface area contributed by atoms with Gasteiger partial charge < -0.3 is 4.90 Å². The lowest BCUT2D eigenvalue weighted by Gasteiger charge is -2.30. The summed E-state index contributed by atoms with van der Waals surface area (Å²) in [5, 5.41) is 9.06. The molecule has 0 aliphatic carbocycles. The van der Waals surface area contributed by atoms with Crippen molar-refractivity contribution in [3.63, 3.8) is 0 Å². The fourth-order valence-corrected chi connectivity index (χ4v) is 4.05. The molecule has 0 fully saturated rings. The first-order valence-corrected chi connectivity index (χ1v) is 10.4. The van der Waals surface area contributed by atoms with Crippen molar-refractivity contribution < 1.29 is 19.2 Å². The fraction of sp³-hybridized carbons (Fsp3) is 0.120. The van der Waals surface area contributed by atoms with Crippen molar-refractivity contribution in [2.24, 2.45) is 0 Å². The van der Waals surface area contributed by atoms with Crippen LogP contribution in [-0.4, -0.2) is 28.5 Å². The predicted molar refractivity (Wildman–Crippen MR) is 121 cm³/mol. The van der Waals surface area contributed by atoms with Gasteiger partial charge in [0.2, 0.25) is 0 Å². The van der Waals surface area contributed by atoms with Crippen molar-refractivity contribution in [3.8, 4) is 0 Å². The highest BCUT2D eigenvalue weighted by atomic mass is 35.5. The average molecular weight is 451 g/mol. The maximum Gasteiger partial charge on any atom is 0.274 e. The van der Waals surface area contributed by atoms with Crippen LogP contribution in [0.15, 0.2) is 66.7 Å². The van der Waals surface area contributed by atoms with Crippen molar-refractivity contribution in [3.05, 3.63) is 105 Å². The van der Waals surface area contributed by atoms with Gasteiger partial charge in [0.25, 0.3) is 11.8 Å². The molecular weight excluding hydrogens is 431 g/mol. The summed E-state index contributed by atoms with van der Waals surface area (Å²) in [7, 11) is 0. The van der Waals surface area contributed by atoms with E-state index in [4.69, 9.17) is 16.8 Å². The third kappa shape index (κ3) is 4.56. The van der Waals surface area contributed by atoms with Crippen molar-refractivity contribution in [2.45, 2.75) is 13.0 Å². The third-order valence-electron chi connectivity index (χ3n) is 5.43. The molecule has 5 nitrogen and oxygen atoms in total. The topological polar surface area (TPSA) is 69.6 Å². The van der Waals surface area contributed by atoms with E-state index in [0.717, 1.165) is 16.7 Å². The third-order valence-corrected chi connectivity index (χ3v) is 5.74. The minimum absolute atomic E-state index is 0.153. The number of carbonyl (C=O) groups excluding carboxylic acids is 2. The maximum atomic E-state index is 13.6. The van der Waals surface area contributed by atoms with E-state index in [9.17, 15) is 14.0 Å². The fourth-order valence-electron chi connectivity index (χ4n) is 3.79. The summed E-state index contributed by atoms with van der Waals surface area (Å²) in [4.78, 5) is 27.1. The molecule has 0 atom stereocenters. The highest BCUT2D eigenvalue weighted by Crippen LogP contribution is 2.30. The van der Waals surface area contributed by atoms with Gasteiger partial charge in [-0.05, 0) is 59.5 Å². The molecule has 2 amide bonds. The number of halogens is 2. The number of hydrogen-bond donors (Lipinski definition) is 2. The summed E-state index contributed by atoms with van der Waals surface area (Å²) >= 11 is 6.31. The lowest BCUT2D eigenvalue weighted by molar-refractivity contribution is -0.125. The normalized spacial score (nSPS) is 13.5. The van der Waals surface area contributed by atoms with E-state index in [0.29, 0.717) is 36.2 Å². The van der Waals surface area contributed by atoms with Gasteiger partial charge in [-0.2, -0.15) is 0 Å². The zero-order chi connectivity index (χ0) is 22.7. The van der Waals surface area contributed by atoms with E-state index in [1.807, 2.05) is 36.4 Å². The van der Waals surface area contributed by atoms with Gasteiger partial charge in [-0.1, -0.05) is 48.0 Å². The van der Waals surface area contributed by atoms with Crippen LogP contribution < -0.4 is 5.48 Å². The van der Waals surface area contributed by atoms with Gasteiger partial charge in [0.15, 0.2) is 0 Å². The van der Waals surface area contributed by atoms with E-state index in [1.54, 1.807) is 28.6 Å². The molecule has 0 unspecified atom stereocenters. The SMILES string of the molecule is O=C(NO)c1ccc2c(c1)CN(C(=O)C(=Cc1ccccc1)c1ccc(F)cc1Cl)CC2. The Morgan fingerprint density at radius 3 is 2.53 bits per heavy atom. The van der Waals surface area contributed by atoms with Gasteiger partial charge >= 0.3 is 0 Å². The summed E-state index contributed by atoms with van der Waals surface area (Å²) in [5.74, 6) is -1.34. The van der Waals surface area contributed by atoms with Crippen LogP contribution in [0.5, 0.6) is 0 Å². The molecule has 32 heavy (non-hydrogen) atoms. The van der Waals surface area contributed by atoms with Crippen molar-refractivity contribution >= 4 is 35.1 Å². The molecule has 2 N–H and O–H groups in total. The van der Waals surface area contributed by atoms with Crippen LogP contribution in [-0.2, 0) is 17.8 Å². The highest BCUT2D eigenvalue weighted by Gasteiger charge is 2.26. The lowest BCUT2D eigenvalue weighted by atomic mass is 9.95. The largest absolute Gasteiger partial charge is 0.334 e. The Morgan fingerprint density at radius 1 is 1.03 bits per heavy atom. The van der Waals surface area contributed by atoms with Crippen molar-refractivity contribution in [1.29, 1.82) is 0 Å². The van der Waals surface area contributed by atoms with E-state index in [1.165, 1.54) is 18.2 Å². The minimum atomic E-state index is -0.612. The number of carbonyl (C=O) groups is 2. The van der Waals surface area contributed by atoms with Crippen LogP contribution in [0.2, 0.25) is 5.02 Å². The molecule has 0 aromatic heterocycles. The van der Waals surface area contributed by atoms with Crippen LogP contribution in [0.4, 0.5) is 4.39 Å². The zero-order valence-electron chi connectivity index (χ0n) is 17.0. The Kier molecular flexibility index (Phi) is 6.35. The zero-order valence-corrected chi connectivity index (χ0v) is 17.8. The monoisotopic (exact) mass is 450 g/mol. The van der Waals surface area contributed by atoms with Gasteiger partial charge in [0, 0.05) is 29.8 Å². The molecule has 0 bridgehead atoms. The molecular formula is C25H20ClFN2O3. The van der Waals surface area contributed by atoms with E-state index < -0.39 is 11.7 Å². The Labute approximate surface area is 189 Å². The van der Waals surface area contributed by atoms with E-state index in [-0.39, 0.29) is 10.9 Å². The molecule has 4 rings (SSSR count). The Bertz CT molecular complexity index is 1210. The lowest BCUT2D eigenvalue weighted by Crippen LogP contribution is -2.36. The molecule has 1 aliphatic rings.